The van der Waals surface area contributed by atoms with E-state index in [2.05, 4.69) is 35.9 Å². The monoisotopic (exact) mass is 600 g/mol. The van der Waals surface area contributed by atoms with E-state index in [1.165, 1.54) is 18.3 Å². The van der Waals surface area contributed by atoms with Crippen LogP contribution < -0.4 is 27.2 Å². The Morgan fingerprint density at radius 1 is 0.977 bits per heavy atom. The lowest BCUT2D eigenvalue weighted by molar-refractivity contribution is -0.140. The van der Waals surface area contributed by atoms with Crippen molar-refractivity contribution in [3.05, 3.63) is 52.1 Å². The molecule has 2 aromatic heterocycles. The van der Waals surface area contributed by atoms with Gasteiger partial charge in [-0.15, -0.1) is 0 Å². The predicted molar refractivity (Wildman–Crippen MR) is 151 cm³/mol. The molecular formula is C26H32N8O9. The Balaban J connectivity index is 1.39. The van der Waals surface area contributed by atoms with E-state index in [0.717, 1.165) is 0 Å². The first-order chi connectivity index (χ1) is 20.6. The summed E-state index contributed by atoms with van der Waals surface area (Å²) in [4.78, 5) is 73.4. The van der Waals surface area contributed by atoms with Gasteiger partial charge >= 0.3 is 11.9 Å². The van der Waals surface area contributed by atoms with Crippen molar-refractivity contribution < 1.29 is 38.9 Å². The number of H-pyrrole nitrogens is 1. The number of carboxylic acid groups (broad SMARTS) is 2. The first-order valence-corrected chi connectivity index (χ1v) is 13.2. The lowest BCUT2D eigenvalue weighted by Crippen LogP contribution is -2.41. The first-order valence-electron chi connectivity index (χ1n) is 13.2. The molecule has 8 N–H and O–H groups in total. The molecule has 0 fully saturated rings. The molecule has 0 radical (unpaired) electrons. The van der Waals surface area contributed by atoms with Crippen LogP contribution in [0.3, 0.4) is 0 Å². The fraction of sp³-hybridized carbons (Fsp3) is 0.385. The van der Waals surface area contributed by atoms with Crippen molar-refractivity contribution in [2.75, 3.05) is 44.0 Å². The summed E-state index contributed by atoms with van der Waals surface area (Å²) < 4.78 is 10.3. The zero-order chi connectivity index (χ0) is 31.2. The highest BCUT2D eigenvalue weighted by molar-refractivity contribution is 5.97. The third-order valence-corrected chi connectivity index (χ3v) is 5.77. The van der Waals surface area contributed by atoms with E-state index in [0.29, 0.717) is 11.4 Å². The maximum atomic E-state index is 12.6. The van der Waals surface area contributed by atoms with Gasteiger partial charge in [-0.2, -0.15) is 4.98 Å². The molecule has 0 spiro atoms. The summed E-state index contributed by atoms with van der Waals surface area (Å²) in [7, 11) is 0. The zero-order valence-electron chi connectivity index (χ0n) is 23.0. The van der Waals surface area contributed by atoms with E-state index in [1.54, 1.807) is 12.1 Å². The van der Waals surface area contributed by atoms with Gasteiger partial charge in [0.2, 0.25) is 11.9 Å². The Morgan fingerprint density at radius 2 is 1.70 bits per heavy atom. The molecule has 0 aliphatic rings. The predicted octanol–water partition coefficient (Wildman–Crippen LogP) is -0.505. The fourth-order valence-corrected chi connectivity index (χ4v) is 3.60. The number of hydrogen-bond acceptors (Lipinski definition) is 12. The van der Waals surface area contributed by atoms with Crippen LogP contribution in [0, 0.1) is 0 Å². The van der Waals surface area contributed by atoms with Gasteiger partial charge < -0.3 is 41.4 Å². The molecule has 3 aromatic rings. The lowest BCUT2D eigenvalue weighted by Gasteiger charge is -2.15. The molecule has 17 heteroatoms. The SMILES string of the molecule is Nc1nc2ncc(CNc3ccc(C(=O)N[C@@H](CCC(=O)NCCOCCOCCC(=O)O)C(=O)O)cc3)nc2c(=O)[nH]1. The molecule has 3 rings (SSSR count). The molecular weight excluding hydrogens is 568 g/mol. The number of nitrogens with zero attached hydrogens (tertiary/aromatic N) is 3. The minimum Gasteiger partial charge on any atom is -0.481 e. The molecule has 0 bridgehead atoms. The summed E-state index contributed by atoms with van der Waals surface area (Å²) in [5.41, 5.74) is 6.48. The highest BCUT2D eigenvalue weighted by Crippen LogP contribution is 2.12. The molecule has 0 aliphatic heterocycles. The Kier molecular flexibility index (Phi) is 12.3. The largest absolute Gasteiger partial charge is 0.481 e. The summed E-state index contributed by atoms with van der Waals surface area (Å²) >= 11 is 0. The minimum absolute atomic E-state index is 0.0498. The van der Waals surface area contributed by atoms with Gasteiger partial charge in [0, 0.05) is 24.2 Å². The molecule has 2 amide bonds. The smallest absolute Gasteiger partial charge is 0.326 e. The number of rotatable bonds is 18. The normalized spacial score (nSPS) is 11.5. The van der Waals surface area contributed by atoms with E-state index in [9.17, 15) is 29.1 Å². The Bertz CT molecular complexity index is 1480. The molecule has 1 aromatic carbocycles. The maximum absolute atomic E-state index is 12.6. The van der Waals surface area contributed by atoms with E-state index in [-0.39, 0.29) is 81.5 Å². The number of anilines is 2. The van der Waals surface area contributed by atoms with Crippen molar-refractivity contribution in [2.24, 2.45) is 0 Å². The van der Waals surface area contributed by atoms with Gasteiger partial charge in [-0.05, 0) is 30.7 Å². The average Bonchev–Trinajstić information content (AvgIpc) is 2.97. The third-order valence-electron chi connectivity index (χ3n) is 5.77. The van der Waals surface area contributed by atoms with Gasteiger partial charge in [0.05, 0.1) is 51.3 Å². The number of fused-ring (bicyclic) bond motifs is 1. The Hall–Kier alpha value is -5.16. The van der Waals surface area contributed by atoms with E-state index in [4.69, 9.17) is 20.3 Å². The van der Waals surface area contributed by atoms with Crippen LogP contribution in [-0.4, -0.2) is 92.9 Å². The molecule has 0 saturated heterocycles. The lowest BCUT2D eigenvalue weighted by atomic mass is 10.1. The van der Waals surface area contributed by atoms with Crippen LogP contribution in [0.1, 0.15) is 35.3 Å². The minimum atomic E-state index is -1.28. The summed E-state index contributed by atoms with van der Waals surface area (Å²) in [5, 5.41) is 26.1. The van der Waals surface area contributed by atoms with Crippen LogP contribution in [0.25, 0.3) is 11.2 Å². The van der Waals surface area contributed by atoms with Crippen LogP contribution in [0.4, 0.5) is 11.6 Å². The number of hydrogen-bond donors (Lipinski definition) is 7. The Labute approximate surface area is 244 Å². The number of carboxylic acids is 2. The summed E-state index contributed by atoms with van der Waals surface area (Å²) in [6, 6.07) is 4.96. The topological polar surface area (TPSA) is 261 Å². The van der Waals surface area contributed by atoms with Crippen LogP contribution in [0.5, 0.6) is 0 Å². The number of aromatic amines is 1. The van der Waals surface area contributed by atoms with Crippen molar-refractivity contribution in [1.29, 1.82) is 0 Å². The molecule has 17 nitrogen and oxygen atoms in total. The quantitative estimate of drug-likeness (QED) is 0.0908. The van der Waals surface area contributed by atoms with E-state index >= 15 is 0 Å². The fourth-order valence-electron chi connectivity index (χ4n) is 3.60. The summed E-state index contributed by atoms with van der Waals surface area (Å²) in [5.74, 6) is -3.31. The average molecular weight is 601 g/mol. The van der Waals surface area contributed by atoms with E-state index in [1.807, 2.05) is 0 Å². The maximum Gasteiger partial charge on any atom is 0.326 e. The van der Waals surface area contributed by atoms with Crippen molar-refractivity contribution in [1.82, 2.24) is 30.6 Å². The van der Waals surface area contributed by atoms with Crippen LogP contribution >= 0.6 is 0 Å². The highest BCUT2D eigenvalue weighted by Gasteiger charge is 2.21. The van der Waals surface area contributed by atoms with Crippen LogP contribution in [0.2, 0.25) is 0 Å². The number of nitrogens with two attached hydrogens (primary N) is 1. The first kappa shape index (κ1) is 32.4. The third kappa shape index (κ3) is 11.0. The zero-order valence-corrected chi connectivity index (χ0v) is 23.0. The van der Waals surface area contributed by atoms with Gasteiger partial charge in [-0.25, -0.2) is 14.8 Å². The van der Waals surface area contributed by atoms with Crippen LogP contribution in [0.15, 0.2) is 35.3 Å². The second kappa shape index (κ2) is 16.3. The number of carbonyl (C=O) groups excluding carboxylic acids is 2. The molecule has 2 heterocycles. The number of nitrogen functional groups attached to an aromatic ring is 1. The molecule has 0 unspecified atom stereocenters. The number of ether oxygens (including phenoxy) is 2. The second-order valence-corrected chi connectivity index (χ2v) is 9.04. The van der Waals surface area contributed by atoms with Crippen molar-refractivity contribution >= 4 is 46.6 Å². The molecule has 0 aliphatic carbocycles. The van der Waals surface area contributed by atoms with Gasteiger partial charge in [0.15, 0.2) is 11.2 Å². The van der Waals surface area contributed by atoms with Crippen molar-refractivity contribution in [3.63, 3.8) is 0 Å². The number of nitrogens with one attached hydrogen (secondary N) is 4. The van der Waals surface area contributed by atoms with Gasteiger partial charge in [-0.1, -0.05) is 0 Å². The highest BCUT2D eigenvalue weighted by atomic mass is 16.5. The van der Waals surface area contributed by atoms with Crippen LogP contribution in [-0.2, 0) is 30.4 Å². The Morgan fingerprint density at radius 3 is 2.40 bits per heavy atom. The number of benzene rings is 1. The molecule has 43 heavy (non-hydrogen) atoms. The van der Waals surface area contributed by atoms with Gasteiger partial charge in [0.25, 0.3) is 11.5 Å². The number of amides is 2. The van der Waals surface area contributed by atoms with Gasteiger partial charge in [-0.3, -0.25) is 24.2 Å². The summed E-state index contributed by atoms with van der Waals surface area (Å²) in [6.45, 7) is 1.14. The van der Waals surface area contributed by atoms with Crippen molar-refractivity contribution in [2.45, 2.75) is 31.8 Å². The molecule has 0 saturated carbocycles. The molecule has 230 valence electrons. The second-order valence-electron chi connectivity index (χ2n) is 9.04. The van der Waals surface area contributed by atoms with E-state index < -0.39 is 35.4 Å². The molecule has 1 atom stereocenters. The summed E-state index contributed by atoms with van der Waals surface area (Å²) in [6.07, 6.45) is 1.10. The number of aliphatic carboxylic acids is 2. The van der Waals surface area contributed by atoms with Gasteiger partial charge in [0.1, 0.15) is 6.04 Å². The number of aromatic nitrogens is 4. The standard InChI is InChI=1S/C26H32N8O9/c27-26-33-22-21(24(39)34-26)31-17(14-30-22)13-29-16-3-1-15(2-4-16)23(38)32-18(25(40)41)5-6-19(35)28-8-10-43-12-11-42-9-7-20(36)37/h1-4,14,18,29H,5-13H2,(H,28,35)(H,32,38)(H,36,37)(H,40,41)(H3,27,30,33,34,39)/t18-/m0/s1. The van der Waals surface area contributed by atoms with Crippen molar-refractivity contribution in [3.8, 4) is 0 Å². The number of carbonyl (C=O) groups is 4.